The highest BCUT2D eigenvalue weighted by atomic mass is 16.5. The standard InChI is InChI=1S/C25H20O3/c1-2-19-8-10-20(11-9-19)16-22(26)18-23(27)17-21-12-14-25(15-13-21)28-24-6-4-3-5-7-24/h1,3-15H,16-18H2. The van der Waals surface area contributed by atoms with Gasteiger partial charge in [0.15, 0.2) is 0 Å². The van der Waals surface area contributed by atoms with E-state index in [1.165, 1.54) is 0 Å². The molecule has 0 aliphatic heterocycles. The molecule has 3 heteroatoms. The molecule has 0 radical (unpaired) electrons. The van der Waals surface area contributed by atoms with Crippen molar-refractivity contribution in [1.29, 1.82) is 0 Å². The van der Waals surface area contributed by atoms with E-state index in [1.54, 1.807) is 12.1 Å². The number of rotatable bonds is 8. The number of ketones is 2. The Labute approximate surface area is 165 Å². The fraction of sp³-hybridized carbons (Fsp3) is 0.120. The Kier molecular flexibility index (Phi) is 6.38. The molecule has 0 fully saturated rings. The number of carbonyl (C=O) groups excluding carboxylic acids is 2. The van der Waals surface area contributed by atoms with Crippen LogP contribution in [-0.2, 0) is 22.4 Å². The Morgan fingerprint density at radius 1 is 0.714 bits per heavy atom. The molecule has 3 aromatic rings. The third-order valence-corrected chi connectivity index (χ3v) is 4.22. The monoisotopic (exact) mass is 368 g/mol. The van der Waals surface area contributed by atoms with Crippen LogP contribution >= 0.6 is 0 Å². The Morgan fingerprint density at radius 3 is 1.75 bits per heavy atom. The van der Waals surface area contributed by atoms with Crippen LogP contribution in [0.1, 0.15) is 23.1 Å². The molecule has 138 valence electrons. The third kappa shape index (κ3) is 5.69. The van der Waals surface area contributed by atoms with Gasteiger partial charge < -0.3 is 4.74 Å². The van der Waals surface area contributed by atoms with Gasteiger partial charge in [-0.1, -0.05) is 48.4 Å². The van der Waals surface area contributed by atoms with Gasteiger partial charge >= 0.3 is 0 Å². The van der Waals surface area contributed by atoms with Crippen LogP contribution in [0.5, 0.6) is 11.5 Å². The van der Waals surface area contributed by atoms with Gasteiger partial charge in [0.05, 0.1) is 6.42 Å². The zero-order valence-electron chi connectivity index (χ0n) is 15.4. The van der Waals surface area contributed by atoms with Gasteiger partial charge in [-0.3, -0.25) is 9.59 Å². The first-order valence-corrected chi connectivity index (χ1v) is 9.03. The molecule has 0 N–H and O–H groups in total. The van der Waals surface area contributed by atoms with Crippen LogP contribution in [0.4, 0.5) is 0 Å². The molecule has 3 aromatic carbocycles. The van der Waals surface area contributed by atoms with Crippen molar-refractivity contribution in [2.75, 3.05) is 0 Å². The zero-order chi connectivity index (χ0) is 19.8. The van der Waals surface area contributed by atoms with E-state index in [-0.39, 0.29) is 30.8 Å². The first kappa shape index (κ1) is 19.1. The molecular formula is C25H20O3. The highest BCUT2D eigenvalue weighted by Gasteiger charge is 2.11. The lowest BCUT2D eigenvalue weighted by Gasteiger charge is -2.07. The van der Waals surface area contributed by atoms with Crippen molar-refractivity contribution < 1.29 is 14.3 Å². The van der Waals surface area contributed by atoms with E-state index in [4.69, 9.17) is 11.2 Å². The van der Waals surface area contributed by atoms with E-state index in [1.807, 2.05) is 66.7 Å². The highest BCUT2D eigenvalue weighted by Crippen LogP contribution is 2.21. The van der Waals surface area contributed by atoms with E-state index in [0.29, 0.717) is 5.75 Å². The Bertz CT molecular complexity index is 979. The van der Waals surface area contributed by atoms with Gasteiger partial charge in [0, 0.05) is 18.4 Å². The summed E-state index contributed by atoms with van der Waals surface area (Å²) in [6.45, 7) is 0. The van der Waals surface area contributed by atoms with Gasteiger partial charge in [-0.25, -0.2) is 0 Å². The minimum Gasteiger partial charge on any atom is -0.457 e. The summed E-state index contributed by atoms with van der Waals surface area (Å²) in [4.78, 5) is 24.4. The van der Waals surface area contributed by atoms with Crippen molar-refractivity contribution in [1.82, 2.24) is 0 Å². The molecule has 0 saturated heterocycles. The summed E-state index contributed by atoms with van der Waals surface area (Å²) >= 11 is 0. The SMILES string of the molecule is C#Cc1ccc(CC(=O)CC(=O)Cc2ccc(Oc3ccccc3)cc2)cc1. The number of ether oxygens (including phenoxy) is 1. The van der Waals surface area contributed by atoms with E-state index in [2.05, 4.69) is 5.92 Å². The maximum Gasteiger partial charge on any atom is 0.144 e. The summed E-state index contributed by atoms with van der Waals surface area (Å²) < 4.78 is 5.73. The summed E-state index contributed by atoms with van der Waals surface area (Å²) in [5.41, 5.74) is 2.49. The van der Waals surface area contributed by atoms with Crippen LogP contribution < -0.4 is 4.74 Å². The summed E-state index contributed by atoms with van der Waals surface area (Å²) in [7, 11) is 0. The molecule has 0 saturated carbocycles. The number of hydrogen-bond donors (Lipinski definition) is 0. The van der Waals surface area contributed by atoms with Crippen LogP contribution in [-0.4, -0.2) is 11.6 Å². The van der Waals surface area contributed by atoms with Crippen molar-refractivity contribution >= 4 is 11.6 Å². The lowest BCUT2D eigenvalue weighted by molar-refractivity contribution is -0.126. The summed E-state index contributed by atoms with van der Waals surface area (Å²) in [5.74, 6) is 3.81. The molecule has 0 aromatic heterocycles. The number of terminal acetylenes is 1. The minimum absolute atomic E-state index is 0.0703. The molecule has 28 heavy (non-hydrogen) atoms. The fourth-order valence-corrected chi connectivity index (χ4v) is 2.82. The van der Waals surface area contributed by atoms with E-state index >= 15 is 0 Å². The molecule has 0 heterocycles. The molecule has 0 aliphatic rings. The van der Waals surface area contributed by atoms with Crippen molar-refractivity contribution in [3.05, 3.63) is 95.6 Å². The second-order valence-corrected chi connectivity index (χ2v) is 6.51. The van der Waals surface area contributed by atoms with E-state index < -0.39 is 0 Å². The molecule has 0 spiro atoms. The van der Waals surface area contributed by atoms with Crippen molar-refractivity contribution in [3.8, 4) is 23.8 Å². The lowest BCUT2D eigenvalue weighted by Crippen LogP contribution is -2.12. The van der Waals surface area contributed by atoms with E-state index in [9.17, 15) is 9.59 Å². The second-order valence-electron chi connectivity index (χ2n) is 6.51. The average Bonchev–Trinajstić information content (AvgIpc) is 2.70. The third-order valence-electron chi connectivity index (χ3n) is 4.22. The molecule has 0 amide bonds. The molecular weight excluding hydrogens is 348 g/mol. The molecule has 0 atom stereocenters. The van der Waals surface area contributed by atoms with Crippen LogP contribution in [0.25, 0.3) is 0 Å². The van der Waals surface area contributed by atoms with Gasteiger partial charge in [0.1, 0.15) is 23.1 Å². The smallest absolute Gasteiger partial charge is 0.144 e. The van der Waals surface area contributed by atoms with E-state index in [0.717, 1.165) is 22.4 Å². The zero-order valence-corrected chi connectivity index (χ0v) is 15.4. The van der Waals surface area contributed by atoms with Gasteiger partial charge in [-0.05, 0) is 47.5 Å². The summed E-state index contributed by atoms with van der Waals surface area (Å²) in [6, 6.07) is 24.1. The Balaban J connectivity index is 1.49. The average molecular weight is 368 g/mol. The number of Topliss-reactive ketones (excluding diaryl/α,β-unsaturated/α-hetero) is 2. The number of carbonyl (C=O) groups is 2. The predicted molar refractivity (Wildman–Crippen MR) is 109 cm³/mol. The number of benzene rings is 3. The van der Waals surface area contributed by atoms with Gasteiger partial charge in [-0.15, -0.1) is 6.42 Å². The number of hydrogen-bond acceptors (Lipinski definition) is 3. The maximum absolute atomic E-state index is 12.2. The first-order chi connectivity index (χ1) is 13.6. The van der Waals surface area contributed by atoms with Gasteiger partial charge in [-0.2, -0.15) is 0 Å². The van der Waals surface area contributed by atoms with Crippen molar-refractivity contribution in [3.63, 3.8) is 0 Å². The van der Waals surface area contributed by atoms with Crippen LogP contribution in [0, 0.1) is 12.3 Å². The number of para-hydroxylation sites is 1. The predicted octanol–water partition coefficient (Wildman–Crippen LogP) is 4.77. The normalized spacial score (nSPS) is 10.1. The minimum atomic E-state index is -0.0954. The Morgan fingerprint density at radius 2 is 1.21 bits per heavy atom. The van der Waals surface area contributed by atoms with Gasteiger partial charge in [0.25, 0.3) is 0 Å². The van der Waals surface area contributed by atoms with Crippen molar-refractivity contribution in [2.45, 2.75) is 19.3 Å². The first-order valence-electron chi connectivity index (χ1n) is 9.03. The molecule has 0 unspecified atom stereocenters. The van der Waals surface area contributed by atoms with Crippen molar-refractivity contribution in [2.24, 2.45) is 0 Å². The second kappa shape index (κ2) is 9.34. The molecule has 0 bridgehead atoms. The van der Waals surface area contributed by atoms with Crippen LogP contribution in [0.15, 0.2) is 78.9 Å². The quantitative estimate of drug-likeness (QED) is 0.425. The lowest BCUT2D eigenvalue weighted by atomic mass is 10.0. The largest absolute Gasteiger partial charge is 0.457 e. The molecule has 3 nitrogen and oxygen atoms in total. The highest BCUT2D eigenvalue weighted by molar-refractivity contribution is 6.00. The summed E-state index contributed by atoms with van der Waals surface area (Å²) in [6.07, 6.45) is 5.71. The fourth-order valence-electron chi connectivity index (χ4n) is 2.82. The molecule has 0 aliphatic carbocycles. The van der Waals surface area contributed by atoms with Crippen LogP contribution in [0.2, 0.25) is 0 Å². The Hall–Kier alpha value is -3.64. The van der Waals surface area contributed by atoms with Gasteiger partial charge in [0.2, 0.25) is 0 Å². The van der Waals surface area contributed by atoms with Crippen LogP contribution in [0.3, 0.4) is 0 Å². The maximum atomic E-state index is 12.2. The summed E-state index contributed by atoms with van der Waals surface area (Å²) in [5, 5.41) is 0. The molecule has 3 rings (SSSR count). The topological polar surface area (TPSA) is 43.4 Å².